The van der Waals surface area contributed by atoms with Gasteiger partial charge in [0.2, 0.25) is 10.0 Å². The molecule has 2 aliphatic rings. The second-order valence-corrected chi connectivity index (χ2v) is 10.3. The molecule has 1 saturated heterocycles. The van der Waals surface area contributed by atoms with E-state index in [9.17, 15) is 18.6 Å². The van der Waals surface area contributed by atoms with E-state index >= 15 is 0 Å². The lowest BCUT2D eigenvalue weighted by Gasteiger charge is -2.35. The quantitative estimate of drug-likeness (QED) is 0.584. The number of benzene rings is 2. The van der Waals surface area contributed by atoms with Gasteiger partial charge in [-0.2, -0.15) is 4.31 Å². The Kier molecular flexibility index (Phi) is 4.72. The predicted octanol–water partition coefficient (Wildman–Crippen LogP) is 1.32. The number of H-pyrrole nitrogens is 1. The van der Waals surface area contributed by atoms with Crippen LogP contribution in [0.25, 0.3) is 10.9 Å². The summed E-state index contributed by atoms with van der Waals surface area (Å²) < 4.78 is 27.0. The SMILES string of the molecule is O=S(=O)(c1ccccc1)N1C[C@@H](O)[C@](O)(CN2CCc3[nH]c4ccccc4c3C2)C1. The van der Waals surface area contributed by atoms with Crippen LogP contribution in [-0.2, 0) is 23.0 Å². The Morgan fingerprint density at radius 3 is 2.63 bits per heavy atom. The molecule has 0 bridgehead atoms. The molecule has 3 N–H and O–H groups in total. The van der Waals surface area contributed by atoms with Crippen LogP contribution in [0.5, 0.6) is 0 Å². The van der Waals surface area contributed by atoms with Crippen LogP contribution in [0.15, 0.2) is 59.5 Å². The molecule has 2 aromatic carbocycles. The zero-order valence-corrected chi connectivity index (χ0v) is 17.3. The lowest BCUT2D eigenvalue weighted by molar-refractivity contribution is -0.0630. The zero-order chi connectivity index (χ0) is 20.9. The minimum Gasteiger partial charge on any atom is -0.389 e. The molecular formula is C22H25N3O4S. The summed E-state index contributed by atoms with van der Waals surface area (Å²) in [6.07, 6.45) is -0.317. The molecule has 7 nitrogen and oxygen atoms in total. The average molecular weight is 428 g/mol. The van der Waals surface area contributed by atoms with Crippen molar-refractivity contribution < 1.29 is 18.6 Å². The molecular weight excluding hydrogens is 402 g/mol. The van der Waals surface area contributed by atoms with E-state index in [2.05, 4.69) is 22.0 Å². The molecule has 3 heterocycles. The van der Waals surface area contributed by atoms with Gasteiger partial charge in [-0.05, 0) is 23.8 Å². The molecule has 158 valence electrons. The smallest absolute Gasteiger partial charge is 0.243 e. The maximum Gasteiger partial charge on any atom is 0.243 e. The molecule has 8 heteroatoms. The number of β-amino-alcohol motifs (C(OH)–C–C–N with tert-alkyl or cyclic N) is 2. The number of aliphatic hydroxyl groups excluding tert-OH is 1. The Labute approximate surface area is 175 Å². The van der Waals surface area contributed by atoms with Gasteiger partial charge in [-0.25, -0.2) is 8.42 Å². The first kappa shape index (κ1) is 19.7. The number of rotatable bonds is 4. The number of fused-ring (bicyclic) bond motifs is 3. The monoisotopic (exact) mass is 427 g/mol. The summed E-state index contributed by atoms with van der Waals surface area (Å²) in [6, 6.07) is 16.3. The summed E-state index contributed by atoms with van der Waals surface area (Å²) in [5, 5.41) is 23.0. The second kappa shape index (κ2) is 7.18. The fraction of sp³-hybridized carbons (Fsp3) is 0.364. The Hall–Kier alpha value is -2.23. The fourth-order valence-electron chi connectivity index (χ4n) is 4.66. The van der Waals surface area contributed by atoms with E-state index < -0.39 is 21.7 Å². The van der Waals surface area contributed by atoms with E-state index in [1.54, 1.807) is 18.2 Å². The van der Waals surface area contributed by atoms with Crippen LogP contribution < -0.4 is 0 Å². The first-order chi connectivity index (χ1) is 14.4. The Balaban J connectivity index is 1.35. The Bertz CT molecular complexity index is 1180. The van der Waals surface area contributed by atoms with E-state index in [0.717, 1.165) is 18.5 Å². The Morgan fingerprint density at radius 1 is 1.10 bits per heavy atom. The predicted molar refractivity (Wildman–Crippen MR) is 113 cm³/mol. The molecule has 5 rings (SSSR count). The summed E-state index contributed by atoms with van der Waals surface area (Å²) in [5.74, 6) is 0. The normalized spacial score (nSPS) is 25.6. The number of aliphatic hydroxyl groups is 2. The number of nitrogens with one attached hydrogen (secondary N) is 1. The van der Waals surface area contributed by atoms with Crippen molar-refractivity contribution in [2.75, 3.05) is 26.2 Å². The molecule has 1 fully saturated rings. The van der Waals surface area contributed by atoms with Crippen LogP contribution in [0.4, 0.5) is 0 Å². The van der Waals surface area contributed by atoms with Crippen molar-refractivity contribution in [2.45, 2.75) is 29.6 Å². The molecule has 2 atom stereocenters. The third kappa shape index (κ3) is 3.25. The molecule has 0 amide bonds. The van der Waals surface area contributed by atoms with Gasteiger partial charge in [0.05, 0.1) is 11.0 Å². The molecule has 1 aromatic heterocycles. The first-order valence-corrected chi connectivity index (χ1v) is 11.6. The van der Waals surface area contributed by atoms with Gasteiger partial charge in [-0.3, -0.25) is 4.90 Å². The highest BCUT2D eigenvalue weighted by atomic mass is 32.2. The van der Waals surface area contributed by atoms with Crippen LogP contribution in [0.2, 0.25) is 0 Å². The van der Waals surface area contributed by atoms with E-state index in [0.29, 0.717) is 6.54 Å². The van der Waals surface area contributed by atoms with Crippen molar-refractivity contribution in [1.29, 1.82) is 0 Å². The van der Waals surface area contributed by atoms with Gasteiger partial charge in [0.1, 0.15) is 5.60 Å². The van der Waals surface area contributed by atoms with Crippen molar-refractivity contribution in [3.63, 3.8) is 0 Å². The van der Waals surface area contributed by atoms with Crippen molar-refractivity contribution in [3.05, 3.63) is 65.9 Å². The summed E-state index contributed by atoms with van der Waals surface area (Å²) in [4.78, 5) is 5.74. The van der Waals surface area contributed by atoms with E-state index in [1.165, 1.54) is 33.1 Å². The molecule has 3 aromatic rings. The van der Waals surface area contributed by atoms with Crippen LogP contribution in [-0.4, -0.2) is 70.7 Å². The highest BCUT2D eigenvalue weighted by Gasteiger charge is 2.49. The number of hydrogen-bond donors (Lipinski definition) is 3. The topological polar surface area (TPSA) is 96.9 Å². The highest BCUT2D eigenvalue weighted by molar-refractivity contribution is 7.89. The molecule has 0 aliphatic carbocycles. The van der Waals surface area contributed by atoms with E-state index in [4.69, 9.17) is 0 Å². The molecule has 0 radical (unpaired) electrons. The zero-order valence-electron chi connectivity index (χ0n) is 16.5. The summed E-state index contributed by atoms with van der Waals surface area (Å²) in [5.41, 5.74) is 2.01. The maximum absolute atomic E-state index is 12.9. The molecule has 30 heavy (non-hydrogen) atoms. The fourth-order valence-corrected chi connectivity index (χ4v) is 6.19. The number of aromatic amines is 1. The van der Waals surface area contributed by atoms with Crippen LogP contribution >= 0.6 is 0 Å². The van der Waals surface area contributed by atoms with Gasteiger partial charge in [0.25, 0.3) is 0 Å². The molecule has 0 saturated carbocycles. The first-order valence-electron chi connectivity index (χ1n) is 10.1. The van der Waals surface area contributed by atoms with Crippen LogP contribution in [0.1, 0.15) is 11.3 Å². The molecule has 0 spiro atoms. The van der Waals surface area contributed by atoms with Gasteiger partial charge < -0.3 is 15.2 Å². The van der Waals surface area contributed by atoms with Gasteiger partial charge in [-0.15, -0.1) is 0 Å². The second-order valence-electron chi connectivity index (χ2n) is 8.32. The number of sulfonamides is 1. The Morgan fingerprint density at radius 2 is 1.83 bits per heavy atom. The summed E-state index contributed by atoms with van der Waals surface area (Å²) in [7, 11) is -3.76. The lowest BCUT2D eigenvalue weighted by Crippen LogP contribution is -2.52. The third-order valence-electron chi connectivity index (χ3n) is 6.29. The maximum atomic E-state index is 12.9. The highest BCUT2D eigenvalue weighted by Crippen LogP contribution is 2.32. The van der Waals surface area contributed by atoms with Crippen LogP contribution in [0.3, 0.4) is 0 Å². The van der Waals surface area contributed by atoms with Crippen LogP contribution in [0, 0.1) is 0 Å². The summed E-state index contributed by atoms with van der Waals surface area (Å²) in [6.45, 7) is 1.37. The van der Waals surface area contributed by atoms with Gasteiger partial charge >= 0.3 is 0 Å². The van der Waals surface area contributed by atoms with Crippen molar-refractivity contribution >= 4 is 20.9 Å². The number of para-hydroxylation sites is 1. The average Bonchev–Trinajstić information content (AvgIpc) is 3.26. The largest absolute Gasteiger partial charge is 0.389 e. The minimum absolute atomic E-state index is 0.111. The third-order valence-corrected chi connectivity index (χ3v) is 8.11. The lowest BCUT2D eigenvalue weighted by atomic mass is 9.97. The van der Waals surface area contributed by atoms with Gasteiger partial charge in [0.15, 0.2) is 0 Å². The minimum atomic E-state index is -3.76. The van der Waals surface area contributed by atoms with Gasteiger partial charge in [-0.1, -0.05) is 36.4 Å². The summed E-state index contributed by atoms with van der Waals surface area (Å²) >= 11 is 0. The number of nitrogens with zero attached hydrogens (tertiary/aromatic N) is 2. The van der Waals surface area contributed by atoms with Crippen molar-refractivity contribution in [2.24, 2.45) is 0 Å². The number of hydrogen-bond acceptors (Lipinski definition) is 5. The molecule has 0 unspecified atom stereocenters. The van der Waals surface area contributed by atoms with E-state index in [-0.39, 0.29) is 24.5 Å². The van der Waals surface area contributed by atoms with Crippen molar-refractivity contribution in [1.82, 2.24) is 14.2 Å². The molecule has 2 aliphatic heterocycles. The van der Waals surface area contributed by atoms with Gasteiger partial charge in [0, 0.05) is 55.7 Å². The number of aromatic nitrogens is 1. The van der Waals surface area contributed by atoms with E-state index in [1.807, 2.05) is 12.1 Å². The standard InChI is InChI=1S/C22H25N3O4S/c26-21-13-25(30(28,29)16-6-2-1-3-7-16)15-22(21,27)14-24-11-10-20-18(12-24)17-8-4-5-9-19(17)23-20/h1-9,21,23,26-27H,10-15H2/t21-,22+/m1/s1. The van der Waals surface area contributed by atoms with Crippen molar-refractivity contribution in [3.8, 4) is 0 Å².